The van der Waals surface area contributed by atoms with Crippen LogP contribution in [0.15, 0.2) is 157 Å². The topological polar surface area (TPSA) is 105 Å². The van der Waals surface area contributed by atoms with Crippen LogP contribution in [-0.4, -0.2) is 75.2 Å². The van der Waals surface area contributed by atoms with Crippen LogP contribution in [0.3, 0.4) is 0 Å². The smallest absolute Gasteiger partial charge is 0.256 e. The van der Waals surface area contributed by atoms with Gasteiger partial charge in [-0.25, -0.2) is 0 Å². The first-order chi connectivity index (χ1) is 29.2. The second-order valence-corrected chi connectivity index (χ2v) is 14.7. The molecular weight excluding hydrogens is 751 g/mol. The highest BCUT2D eigenvalue weighted by Gasteiger charge is 2.51. The van der Waals surface area contributed by atoms with E-state index in [0.29, 0.717) is 32.0 Å². The van der Waals surface area contributed by atoms with Crippen LogP contribution < -0.4 is 0 Å². The monoisotopic (exact) mass is 801 g/mol. The molecule has 0 unspecified atom stereocenters. The van der Waals surface area contributed by atoms with E-state index in [1.54, 1.807) is 7.11 Å². The molecule has 3 fully saturated rings. The van der Waals surface area contributed by atoms with Gasteiger partial charge in [0.05, 0.1) is 45.4 Å². The Kier molecular flexibility index (Phi) is 14.5. The Morgan fingerprint density at radius 3 is 1.63 bits per heavy atom. The summed E-state index contributed by atoms with van der Waals surface area (Å²) in [7, 11) is 1.60. The van der Waals surface area contributed by atoms with Gasteiger partial charge in [-0.3, -0.25) is 0 Å². The van der Waals surface area contributed by atoms with E-state index in [1.807, 2.05) is 152 Å². The van der Waals surface area contributed by atoms with Gasteiger partial charge in [0.2, 0.25) is 0 Å². The molecule has 0 N–H and O–H groups in total. The highest BCUT2D eigenvalue weighted by molar-refractivity contribution is 5.90. The van der Waals surface area contributed by atoms with E-state index in [-0.39, 0.29) is 19.8 Å². The lowest BCUT2D eigenvalue weighted by Gasteiger charge is -2.45. The maximum atomic E-state index is 6.88. The molecule has 5 aromatic carbocycles. The SMILES string of the molecule is CO[C@@H]1CC(=NO[C@H]2O[C@H](COCc3ccccc3)[C@@H](OCc3ccccc3)[C@H](OCc3ccccc3)[C@H]2OCc2ccccc2)[C@@H]2O[C@H](c3ccccc3)OC[C@H]2O1. The summed E-state index contributed by atoms with van der Waals surface area (Å²) in [6.45, 7) is 1.73. The summed E-state index contributed by atoms with van der Waals surface area (Å²) in [6, 6.07) is 49.9. The summed E-state index contributed by atoms with van der Waals surface area (Å²) in [5.74, 6) is 0. The van der Waals surface area contributed by atoms with Gasteiger partial charge >= 0.3 is 0 Å². The number of ether oxygens (including phenoxy) is 9. The van der Waals surface area contributed by atoms with Crippen molar-refractivity contribution in [1.82, 2.24) is 0 Å². The minimum absolute atomic E-state index is 0.185. The molecule has 3 aliphatic heterocycles. The Morgan fingerprint density at radius 1 is 0.559 bits per heavy atom. The van der Waals surface area contributed by atoms with Gasteiger partial charge in [0, 0.05) is 19.1 Å². The predicted octanol–water partition coefficient (Wildman–Crippen LogP) is 7.93. The summed E-state index contributed by atoms with van der Waals surface area (Å²) < 4.78 is 58.2. The number of nitrogens with zero attached hydrogens (tertiary/aromatic N) is 1. The van der Waals surface area contributed by atoms with Gasteiger partial charge < -0.3 is 47.5 Å². The Labute approximate surface area is 345 Å². The summed E-state index contributed by atoms with van der Waals surface area (Å²) in [6.07, 6.45) is -5.69. The van der Waals surface area contributed by atoms with Crippen LogP contribution in [0.4, 0.5) is 0 Å². The van der Waals surface area contributed by atoms with Gasteiger partial charge in [0.25, 0.3) is 6.29 Å². The van der Waals surface area contributed by atoms with Crippen molar-refractivity contribution in [2.45, 2.75) is 88.3 Å². The standard InChI is InChI=1S/C48H51NO10/c1-50-42-27-39(43-41(56-42)33-55-47(58-43)38-25-15-6-16-26-38)49-59-48-46(54-31-37-23-13-5-14-24-37)45(53-30-36-21-11-4-12-22-36)44(52-29-35-19-9-3-10-20-35)40(57-48)32-51-28-34-17-7-2-8-18-34/h2-26,40-48H,27-33H2,1H3/t40-,41-,42+,43+,44-,45+,46-,47-,48-/m1/s1. The molecule has 5 aromatic rings. The number of rotatable bonds is 17. The van der Waals surface area contributed by atoms with E-state index in [0.717, 1.165) is 27.8 Å². The van der Waals surface area contributed by atoms with Gasteiger partial charge in [-0.2, -0.15) is 0 Å². The quantitative estimate of drug-likeness (QED) is 0.0862. The van der Waals surface area contributed by atoms with Crippen LogP contribution in [0, 0.1) is 0 Å². The molecule has 0 spiro atoms. The fourth-order valence-electron chi connectivity index (χ4n) is 7.43. The minimum Gasteiger partial charge on any atom is -0.374 e. The highest BCUT2D eigenvalue weighted by atomic mass is 16.8. The molecule has 59 heavy (non-hydrogen) atoms. The van der Waals surface area contributed by atoms with E-state index < -0.39 is 55.5 Å². The molecule has 0 saturated carbocycles. The predicted molar refractivity (Wildman–Crippen MR) is 219 cm³/mol. The molecule has 0 aliphatic carbocycles. The third-order valence-electron chi connectivity index (χ3n) is 10.5. The molecule has 0 radical (unpaired) electrons. The lowest BCUT2D eigenvalue weighted by molar-refractivity contribution is -0.329. The Bertz CT molecular complexity index is 1990. The number of fused-ring (bicyclic) bond motifs is 1. The Morgan fingerprint density at radius 2 is 1.07 bits per heavy atom. The van der Waals surface area contributed by atoms with Crippen LogP contribution in [0.1, 0.15) is 40.5 Å². The first-order valence-electron chi connectivity index (χ1n) is 20.2. The Hall–Kier alpha value is -4.79. The number of methoxy groups -OCH3 is 1. The lowest BCUT2D eigenvalue weighted by Crippen LogP contribution is -2.61. The van der Waals surface area contributed by atoms with E-state index in [2.05, 4.69) is 0 Å². The molecule has 3 aliphatic rings. The molecule has 8 rings (SSSR count). The fraction of sp³-hybridized carbons (Fsp3) is 0.354. The molecule has 11 heteroatoms. The van der Waals surface area contributed by atoms with Crippen molar-refractivity contribution >= 4 is 5.71 Å². The zero-order valence-corrected chi connectivity index (χ0v) is 33.1. The van der Waals surface area contributed by atoms with Crippen LogP contribution in [-0.2, 0) is 73.9 Å². The highest BCUT2D eigenvalue weighted by Crippen LogP contribution is 2.35. The van der Waals surface area contributed by atoms with E-state index >= 15 is 0 Å². The molecule has 3 heterocycles. The van der Waals surface area contributed by atoms with E-state index in [9.17, 15) is 0 Å². The number of oxime groups is 1. The van der Waals surface area contributed by atoms with Gasteiger partial charge in [-0.05, 0) is 22.3 Å². The molecule has 0 bridgehead atoms. The molecule has 11 nitrogen and oxygen atoms in total. The number of hydrogen-bond acceptors (Lipinski definition) is 11. The van der Waals surface area contributed by atoms with Crippen molar-refractivity contribution in [2.75, 3.05) is 20.3 Å². The second-order valence-electron chi connectivity index (χ2n) is 14.7. The van der Waals surface area contributed by atoms with Crippen molar-refractivity contribution in [3.63, 3.8) is 0 Å². The zero-order chi connectivity index (χ0) is 40.1. The molecule has 308 valence electrons. The second kappa shape index (κ2) is 20.9. The van der Waals surface area contributed by atoms with E-state index in [1.165, 1.54) is 0 Å². The third kappa shape index (κ3) is 11.1. The van der Waals surface area contributed by atoms with Crippen LogP contribution in [0.2, 0.25) is 0 Å². The maximum Gasteiger partial charge on any atom is 0.256 e. The van der Waals surface area contributed by atoms with Crippen LogP contribution >= 0.6 is 0 Å². The molecule has 3 saturated heterocycles. The first kappa shape index (κ1) is 41.0. The van der Waals surface area contributed by atoms with Crippen molar-refractivity contribution in [3.05, 3.63) is 179 Å². The summed E-state index contributed by atoms with van der Waals surface area (Å²) in [4.78, 5) is 6.51. The third-order valence-corrected chi connectivity index (χ3v) is 10.5. The molecule has 0 amide bonds. The van der Waals surface area contributed by atoms with Crippen molar-refractivity contribution in [3.8, 4) is 0 Å². The normalized spacial score (nSPS) is 27.5. The number of benzene rings is 5. The van der Waals surface area contributed by atoms with Crippen LogP contribution in [0.5, 0.6) is 0 Å². The largest absolute Gasteiger partial charge is 0.374 e. The first-order valence-corrected chi connectivity index (χ1v) is 20.2. The minimum atomic E-state index is -1.04. The van der Waals surface area contributed by atoms with E-state index in [4.69, 9.17) is 52.6 Å². The molecular formula is C48H51NO10. The lowest BCUT2D eigenvalue weighted by atomic mass is 9.97. The average molecular weight is 802 g/mol. The maximum absolute atomic E-state index is 6.88. The average Bonchev–Trinajstić information content (AvgIpc) is 3.30. The van der Waals surface area contributed by atoms with Crippen molar-refractivity contribution in [2.24, 2.45) is 5.16 Å². The summed E-state index contributed by atoms with van der Waals surface area (Å²) in [5.41, 5.74) is 5.52. The fourth-order valence-corrected chi connectivity index (χ4v) is 7.43. The van der Waals surface area contributed by atoms with Gasteiger partial charge in [0.15, 0.2) is 18.7 Å². The van der Waals surface area contributed by atoms with Gasteiger partial charge in [-0.15, -0.1) is 0 Å². The van der Waals surface area contributed by atoms with Crippen LogP contribution in [0.25, 0.3) is 0 Å². The number of hydrogen-bond donors (Lipinski definition) is 0. The summed E-state index contributed by atoms with van der Waals surface area (Å²) >= 11 is 0. The zero-order valence-electron chi connectivity index (χ0n) is 33.1. The van der Waals surface area contributed by atoms with Crippen molar-refractivity contribution in [1.29, 1.82) is 0 Å². The summed E-state index contributed by atoms with van der Waals surface area (Å²) in [5, 5.41) is 4.79. The molecule has 0 aromatic heterocycles. The molecule has 9 atom stereocenters. The van der Waals surface area contributed by atoms with Gasteiger partial charge in [0.1, 0.15) is 30.5 Å². The Balaban J connectivity index is 1.12. The van der Waals surface area contributed by atoms with Gasteiger partial charge in [-0.1, -0.05) is 157 Å². The van der Waals surface area contributed by atoms with Crippen molar-refractivity contribution < 1.29 is 47.5 Å².